The van der Waals surface area contributed by atoms with Gasteiger partial charge in [0.1, 0.15) is 0 Å². The Hall–Kier alpha value is -0.200. The smallest absolute Gasteiger partial charge is 0.0701 e. The van der Waals surface area contributed by atoms with Crippen LogP contribution in [-0.2, 0) is 14.2 Å². The van der Waals surface area contributed by atoms with Crippen molar-refractivity contribution in [2.24, 2.45) is 11.8 Å². The predicted octanol–water partition coefficient (Wildman–Crippen LogP) is 0.596. The number of nitrogens with zero attached hydrogens (tertiary/aromatic N) is 1. The van der Waals surface area contributed by atoms with Crippen molar-refractivity contribution in [2.75, 3.05) is 66.3 Å². The number of fused-ring (bicyclic) bond motifs is 1. The number of hydrogen-bond donors (Lipinski definition) is 1. The van der Waals surface area contributed by atoms with E-state index >= 15 is 0 Å². The van der Waals surface area contributed by atoms with Crippen molar-refractivity contribution in [1.29, 1.82) is 0 Å². The SMILES string of the molecule is COCCOCCOCCN1CC2CNCC2C1(C)C. The van der Waals surface area contributed by atoms with E-state index in [2.05, 4.69) is 24.1 Å². The third-order valence-electron chi connectivity index (χ3n) is 4.83. The minimum absolute atomic E-state index is 0.298. The summed E-state index contributed by atoms with van der Waals surface area (Å²) < 4.78 is 16.0. The van der Waals surface area contributed by atoms with Gasteiger partial charge in [0.15, 0.2) is 0 Å². The van der Waals surface area contributed by atoms with Crippen LogP contribution in [0.1, 0.15) is 13.8 Å². The van der Waals surface area contributed by atoms with E-state index in [0.29, 0.717) is 32.0 Å². The average Bonchev–Trinajstić information content (AvgIpc) is 2.96. The Morgan fingerprint density at radius 2 is 1.75 bits per heavy atom. The molecule has 0 saturated carbocycles. The van der Waals surface area contributed by atoms with Gasteiger partial charge < -0.3 is 19.5 Å². The molecule has 118 valence electrons. The van der Waals surface area contributed by atoms with Gasteiger partial charge in [-0.1, -0.05) is 0 Å². The third-order valence-corrected chi connectivity index (χ3v) is 4.83. The van der Waals surface area contributed by atoms with E-state index in [1.807, 2.05) is 0 Å². The molecule has 5 heteroatoms. The van der Waals surface area contributed by atoms with Gasteiger partial charge >= 0.3 is 0 Å². The maximum atomic E-state index is 5.67. The summed E-state index contributed by atoms with van der Waals surface area (Å²) in [4.78, 5) is 2.59. The molecule has 20 heavy (non-hydrogen) atoms. The summed E-state index contributed by atoms with van der Waals surface area (Å²) in [6.07, 6.45) is 0. The quantitative estimate of drug-likeness (QED) is 0.629. The fourth-order valence-corrected chi connectivity index (χ4v) is 3.52. The van der Waals surface area contributed by atoms with Crippen molar-refractivity contribution >= 4 is 0 Å². The van der Waals surface area contributed by atoms with E-state index in [0.717, 1.165) is 25.0 Å². The fourth-order valence-electron chi connectivity index (χ4n) is 3.52. The van der Waals surface area contributed by atoms with E-state index in [4.69, 9.17) is 14.2 Å². The predicted molar refractivity (Wildman–Crippen MR) is 79.0 cm³/mol. The van der Waals surface area contributed by atoms with Crippen LogP contribution in [-0.4, -0.2) is 76.8 Å². The van der Waals surface area contributed by atoms with Gasteiger partial charge in [0.05, 0.1) is 33.0 Å². The molecular weight excluding hydrogens is 256 g/mol. The molecule has 0 amide bonds. The van der Waals surface area contributed by atoms with Gasteiger partial charge in [0.2, 0.25) is 0 Å². The van der Waals surface area contributed by atoms with Gasteiger partial charge in [-0.15, -0.1) is 0 Å². The maximum absolute atomic E-state index is 5.67. The molecular formula is C15H30N2O3. The lowest BCUT2D eigenvalue weighted by molar-refractivity contribution is 0.0132. The second kappa shape index (κ2) is 7.71. The van der Waals surface area contributed by atoms with E-state index in [1.165, 1.54) is 19.6 Å². The first-order chi connectivity index (χ1) is 9.66. The molecule has 2 saturated heterocycles. The summed E-state index contributed by atoms with van der Waals surface area (Å²) in [5, 5.41) is 3.52. The first-order valence-corrected chi connectivity index (χ1v) is 7.76. The first-order valence-electron chi connectivity index (χ1n) is 7.76. The topological polar surface area (TPSA) is 43.0 Å². The minimum Gasteiger partial charge on any atom is -0.382 e. The van der Waals surface area contributed by atoms with Crippen LogP contribution in [0.15, 0.2) is 0 Å². The number of ether oxygens (including phenoxy) is 3. The number of likely N-dealkylation sites (tertiary alicyclic amines) is 1. The van der Waals surface area contributed by atoms with Gasteiger partial charge in [-0.2, -0.15) is 0 Å². The Morgan fingerprint density at radius 1 is 1.05 bits per heavy atom. The van der Waals surface area contributed by atoms with Crippen LogP contribution in [0.2, 0.25) is 0 Å². The number of methoxy groups -OCH3 is 1. The number of rotatable bonds is 9. The number of hydrogen-bond acceptors (Lipinski definition) is 5. The molecule has 0 spiro atoms. The molecule has 0 aromatic carbocycles. The summed E-state index contributed by atoms with van der Waals surface area (Å²) in [6.45, 7) is 12.8. The zero-order chi connectivity index (χ0) is 14.4. The Balaban J connectivity index is 1.56. The summed E-state index contributed by atoms with van der Waals surface area (Å²) in [7, 11) is 1.68. The van der Waals surface area contributed by atoms with Crippen LogP contribution >= 0.6 is 0 Å². The molecule has 5 nitrogen and oxygen atoms in total. The Kier molecular flexibility index (Phi) is 6.23. The van der Waals surface area contributed by atoms with Crippen LogP contribution in [0, 0.1) is 11.8 Å². The van der Waals surface area contributed by atoms with Crippen molar-refractivity contribution < 1.29 is 14.2 Å². The van der Waals surface area contributed by atoms with Gasteiger partial charge in [-0.3, -0.25) is 4.90 Å². The molecule has 2 heterocycles. The molecule has 2 fully saturated rings. The summed E-state index contributed by atoms with van der Waals surface area (Å²) in [6, 6.07) is 0. The van der Waals surface area contributed by atoms with E-state index in [9.17, 15) is 0 Å². The molecule has 1 N–H and O–H groups in total. The molecule has 2 aliphatic rings. The normalized spacial score (nSPS) is 28.9. The molecule has 0 aromatic rings. The molecule has 0 aliphatic carbocycles. The zero-order valence-electron chi connectivity index (χ0n) is 13.2. The Labute approximate surface area is 122 Å². The standard InChI is InChI=1S/C15H30N2O3/c1-15(2)14-11-16-10-13(14)12-17(15)4-5-19-8-9-20-7-6-18-3/h13-14,16H,4-12H2,1-3H3. The highest BCUT2D eigenvalue weighted by Gasteiger charge is 2.48. The Morgan fingerprint density at radius 3 is 2.45 bits per heavy atom. The van der Waals surface area contributed by atoms with E-state index in [-0.39, 0.29) is 0 Å². The molecule has 0 bridgehead atoms. The third kappa shape index (κ3) is 3.92. The Bertz CT molecular complexity index is 286. The molecule has 2 aliphatic heterocycles. The van der Waals surface area contributed by atoms with Crippen LogP contribution in [0.5, 0.6) is 0 Å². The van der Waals surface area contributed by atoms with Crippen LogP contribution < -0.4 is 5.32 Å². The highest BCUT2D eigenvalue weighted by Crippen LogP contribution is 2.40. The van der Waals surface area contributed by atoms with Crippen molar-refractivity contribution in [3.8, 4) is 0 Å². The minimum atomic E-state index is 0.298. The lowest BCUT2D eigenvalue weighted by Crippen LogP contribution is -2.45. The average molecular weight is 286 g/mol. The highest BCUT2D eigenvalue weighted by molar-refractivity contribution is 5.04. The fraction of sp³-hybridized carbons (Fsp3) is 1.00. The molecule has 2 atom stereocenters. The monoisotopic (exact) mass is 286 g/mol. The molecule has 0 aromatic heterocycles. The van der Waals surface area contributed by atoms with Crippen LogP contribution in [0.4, 0.5) is 0 Å². The van der Waals surface area contributed by atoms with Gasteiger partial charge in [0.25, 0.3) is 0 Å². The van der Waals surface area contributed by atoms with Gasteiger partial charge in [-0.25, -0.2) is 0 Å². The zero-order valence-corrected chi connectivity index (χ0v) is 13.2. The van der Waals surface area contributed by atoms with Crippen molar-refractivity contribution in [3.05, 3.63) is 0 Å². The molecule has 2 unspecified atom stereocenters. The summed E-state index contributed by atoms with van der Waals surface area (Å²) >= 11 is 0. The van der Waals surface area contributed by atoms with Gasteiger partial charge in [0, 0.05) is 32.3 Å². The lowest BCUT2D eigenvalue weighted by Gasteiger charge is -2.35. The van der Waals surface area contributed by atoms with E-state index in [1.54, 1.807) is 7.11 Å². The summed E-state index contributed by atoms with van der Waals surface area (Å²) in [5.41, 5.74) is 0.298. The maximum Gasteiger partial charge on any atom is 0.0701 e. The first kappa shape index (κ1) is 16.2. The van der Waals surface area contributed by atoms with E-state index < -0.39 is 0 Å². The molecule has 0 radical (unpaired) electrons. The van der Waals surface area contributed by atoms with Crippen molar-refractivity contribution in [1.82, 2.24) is 10.2 Å². The second-order valence-corrected chi connectivity index (χ2v) is 6.34. The van der Waals surface area contributed by atoms with Gasteiger partial charge in [-0.05, 0) is 32.2 Å². The molecule has 2 rings (SSSR count). The lowest BCUT2D eigenvalue weighted by atomic mass is 9.85. The number of nitrogens with one attached hydrogen (secondary N) is 1. The van der Waals surface area contributed by atoms with Crippen LogP contribution in [0.25, 0.3) is 0 Å². The van der Waals surface area contributed by atoms with Crippen molar-refractivity contribution in [2.45, 2.75) is 19.4 Å². The largest absolute Gasteiger partial charge is 0.382 e. The second-order valence-electron chi connectivity index (χ2n) is 6.34. The highest BCUT2D eigenvalue weighted by atomic mass is 16.5. The van der Waals surface area contributed by atoms with Crippen molar-refractivity contribution in [3.63, 3.8) is 0 Å². The summed E-state index contributed by atoms with van der Waals surface area (Å²) in [5.74, 6) is 1.61. The van der Waals surface area contributed by atoms with Crippen LogP contribution in [0.3, 0.4) is 0 Å².